The van der Waals surface area contributed by atoms with Crippen molar-refractivity contribution in [3.05, 3.63) is 35.4 Å². The highest BCUT2D eigenvalue weighted by atomic mass is 19.1. The molecule has 0 aliphatic heterocycles. The predicted molar refractivity (Wildman–Crippen MR) is 49.0 cm³/mol. The minimum Gasteiger partial charge on any atom is -0.247 e. The Morgan fingerprint density at radius 3 is 2.69 bits per heavy atom. The molecule has 0 N–H and O–H groups in total. The van der Waals surface area contributed by atoms with Crippen molar-refractivity contribution in [3.63, 3.8) is 0 Å². The summed E-state index contributed by atoms with van der Waals surface area (Å²) < 4.78 is 13.1. The molecule has 2 rings (SSSR count). The van der Waals surface area contributed by atoms with E-state index in [-0.39, 0.29) is 0 Å². The summed E-state index contributed by atoms with van der Waals surface area (Å²) in [5.41, 5.74) is 2.69. The lowest BCUT2D eigenvalue weighted by molar-refractivity contribution is 0.572. The zero-order chi connectivity index (χ0) is 9.42. The smallest absolute Gasteiger partial charge is 0.234 e. The monoisotopic (exact) mass is 176 g/mol. The van der Waals surface area contributed by atoms with Crippen molar-refractivity contribution >= 4 is 11.0 Å². The summed E-state index contributed by atoms with van der Waals surface area (Å²) in [4.78, 5) is 7.94. The first kappa shape index (κ1) is 8.10. The van der Waals surface area contributed by atoms with Crippen LogP contribution >= 0.6 is 0 Å². The van der Waals surface area contributed by atoms with Crippen molar-refractivity contribution in [2.45, 2.75) is 13.8 Å². The van der Waals surface area contributed by atoms with Gasteiger partial charge in [-0.1, -0.05) is 12.1 Å². The summed E-state index contributed by atoms with van der Waals surface area (Å²) in [6.45, 7) is 3.51. The molecule has 3 heteroatoms. The fourth-order valence-corrected chi connectivity index (χ4v) is 1.29. The van der Waals surface area contributed by atoms with Gasteiger partial charge in [0.15, 0.2) is 0 Å². The van der Waals surface area contributed by atoms with Crippen molar-refractivity contribution in [1.82, 2.24) is 9.97 Å². The van der Waals surface area contributed by atoms with Gasteiger partial charge in [0.2, 0.25) is 5.95 Å². The van der Waals surface area contributed by atoms with Gasteiger partial charge in [-0.3, -0.25) is 0 Å². The van der Waals surface area contributed by atoms with Crippen LogP contribution in [0.15, 0.2) is 18.2 Å². The Morgan fingerprint density at radius 1 is 1.15 bits per heavy atom. The van der Waals surface area contributed by atoms with Crippen LogP contribution in [0.5, 0.6) is 0 Å². The van der Waals surface area contributed by atoms with Gasteiger partial charge in [-0.15, -0.1) is 0 Å². The number of hydrogen-bond donors (Lipinski definition) is 0. The first-order valence-corrected chi connectivity index (χ1v) is 4.08. The highest BCUT2D eigenvalue weighted by Crippen LogP contribution is 2.15. The van der Waals surface area contributed by atoms with E-state index in [9.17, 15) is 4.39 Å². The van der Waals surface area contributed by atoms with Crippen molar-refractivity contribution in [3.8, 4) is 0 Å². The van der Waals surface area contributed by atoms with Crippen LogP contribution in [0.25, 0.3) is 11.0 Å². The fourth-order valence-electron chi connectivity index (χ4n) is 1.29. The summed E-state index contributed by atoms with van der Waals surface area (Å²) in [7, 11) is 0. The molecule has 0 aliphatic rings. The Morgan fingerprint density at radius 2 is 1.92 bits per heavy atom. The van der Waals surface area contributed by atoms with Crippen LogP contribution in [0.1, 0.15) is 11.3 Å². The molecule has 0 atom stereocenters. The summed E-state index contributed by atoms with van der Waals surface area (Å²) in [5.74, 6) is -0.484. The average Bonchev–Trinajstić information content (AvgIpc) is 2.09. The Hall–Kier alpha value is -1.51. The fraction of sp³-hybridized carbons (Fsp3) is 0.200. The Balaban J connectivity index is 2.89. The van der Waals surface area contributed by atoms with E-state index in [2.05, 4.69) is 9.97 Å². The van der Waals surface area contributed by atoms with Crippen molar-refractivity contribution in [1.29, 1.82) is 0 Å². The normalized spacial score (nSPS) is 10.7. The third-order valence-electron chi connectivity index (χ3n) is 2.01. The molecule has 0 unspecified atom stereocenters. The Kier molecular flexibility index (Phi) is 1.72. The van der Waals surface area contributed by atoms with Gasteiger partial charge < -0.3 is 0 Å². The van der Waals surface area contributed by atoms with Gasteiger partial charge >= 0.3 is 0 Å². The minimum atomic E-state index is -0.484. The highest BCUT2D eigenvalue weighted by Gasteiger charge is 2.04. The van der Waals surface area contributed by atoms with E-state index < -0.39 is 5.95 Å². The molecule has 0 bridgehead atoms. The van der Waals surface area contributed by atoms with Crippen molar-refractivity contribution in [2.75, 3.05) is 0 Å². The third-order valence-corrected chi connectivity index (χ3v) is 2.01. The lowest BCUT2D eigenvalue weighted by atomic mass is 10.2. The molecule has 0 saturated carbocycles. The number of aryl methyl sites for hydroxylation is 2. The van der Waals surface area contributed by atoms with Gasteiger partial charge in [0.1, 0.15) is 0 Å². The second-order valence-corrected chi connectivity index (χ2v) is 3.04. The van der Waals surface area contributed by atoms with E-state index in [0.29, 0.717) is 11.2 Å². The van der Waals surface area contributed by atoms with Crippen LogP contribution < -0.4 is 0 Å². The summed E-state index contributed by atoms with van der Waals surface area (Å²) in [6.07, 6.45) is 0. The summed E-state index contributed by atoms with van der Waals surface area (Å²) in [5, 5.41) is 0. The van der Waals surface area contributed by atoms with Crippen LogP contribution in [-0.2, 0) is 0 Å². The molecule has 66 valence electrons. The predicted octanol–water partition coefficient (Wildman–Crippen LogP) is 2.39. The standard InChI is InChI=1S/C10H9FN2/c1-6-4-3-5-8-9(6)13-10(11)7(2)12-8/h3-5H,1-2H3. The molecular formula is C10H9FN2. The quantitative estimate of drug-likeness (QED) is 0.616. The Labute approximate surface area is 75.4 Å². The largest absolute Gasteiger partial charge is 0.247 e. The number of rotatable bonds is 0. The van der Waals surface area contributed by atoms with Crippen LogP contribution in [0.4, 0.5) is 4.39 Å². The van der Waals surface area contributed by atoms with Gasteiger partial charge in [-0.2, -0.15) is 4.39 Å². The summed E-state index contributed by atoms with van der Waals surface area (Å²) in [6, 6.07) is 5.62. The topological polar surface area (TPSA) is 25.8 Å². The number of benzene rings is 1. The van der Waals surface area contributed by atoms with Crippen LogP contribution in [-0.4, -0.2) is 9.97 Å². The first-order chi connectivity index (χ1) is 6.18. The number of nitrogens with zero attached hydrogens (tertiary/aromatic N) is 2. The molecule has 1 heterocycles. The van der Waals surface area contributed by atoms with E-state index >= 15 is 0 Å². The maximum atomic E-state index is 13.1. The van der Waals surface area contributed by atoms with E-state index in [4.69, 9.17) is 0 Å². The number of hydrogen-bond acceptors (Lipinski definition) is 2. The van der Waals surface area contributed by atoms with Crippen LogP contribution in [0.2, 0.25) is 0 Å². The van der Waals surface area contributed by atoms with Gasteiger partial charge in [-0.25, -0.2) is 9.97 Å². The lowest BCUT2D eigenvalue weighted by Gasteiger charge is -2.01. The molecule has 0 radical (unpaired) electrons. The molecule has 0 fully saturated rings. The van der Waals surface area contributed by atoms with E-state index in [1.807, 2.05) is 25.1 Å². The van der Waals surface area contributed by atoms with Crippen LogP contribution in [0, 0.1) is 19.8 Å². The molecule has 0 saturated heterocycles. The molecule has 1 aromatic heterocycles. The molecule has 2 aromatic rings. The molecule has 0 amide bonds. The van der Waals surface area contributed by atoms with Gasteiger partial charge in [-0.05, 0) is 25.5 Å². The number of aromatic nitrogens is 2. The van der Waals surface area contributed by atoms with Gasteiger partial charge in [0.05, 0.1) is 16.7 Å². The number of fused-ring (bicyclic) bond motifs is 1. The first-order valence-electron chi connectivity index (χ1n) is 4.08. The molecule has 1 aromatic carbocycles. The molecule has 13 heavy (non-hydrogen) atoms. The Bertz CT molecular complexity index is 466. The highest BCUT2D eigenvalue weighted by molar-refractivity contribution is 5.77. The van der Waals surface area contributed by atoms with E-state index in [1.165, 1.54) is 0 Å². The van der Waals surface area contributed by atoms with Gasteiger partial charge in [0.25, 0.3) is 0 Å². The van der Waals surface area contributed by atoms with Crippen molar-refractivity contribution < 1.29 is 4.39 Å². The van der Waals surface area contributed by atoms with Crippen molar-refractivity contribution in [2.24, 2.45) is 0 Å². The van der Waals surface area contributed by atoms with Crippen LogP contribution in [0.3, 0.4) is 0 Å². The third kappa shape index (κ3) is 1.26. The molecular weight excluding hydrogens is 167 g/mol. The maximum absolute atomic E-state index is 13.1. The zero-order valence-electron chi connectivity index (χ0n) is 7.50. The maximum Gasteiger partial charge on any atom is 0.234 e. The summed E-state index contributed by atoms with van der Waals surface area (Å²) >= 11 is 0. The minimum absolute atomic E-state index is 0.345. The molecule has 0 spiro atoms. The van der Waals surface area contributed by atoms with E-state index in [1.54, 1.807) is 6.92 Å². The second kappa shape index (κ2) is 2.76. The molecule has 2 nitrogen and oxygen atoms in total. The van der Waals surface area contributed by atoms with E-state index in [0.717, 1.165) is 11.1 Å². The SMILES string of the molecule is Cc1nc2cccc(C)c2nc1F. The van der Waals surface area contributed by atoms with Gasteiger partial charge in [0, 0.05) is 0 Å². The molecule has 0 aliphatic carbocycles. The average molecular weight is 176 g/mol. The second-order valence-electron chi connectivity index (χ2n) is 3.04. The zero-order valence-corrected chi connectivity index (χ0v) is 7.50. The number of para-hydroxylation sites is 1. The lowest BCUT2D eigenvalue weighted by Crippen LogP contribution is -1.95. The number of halogens is 1.